The van der Waals surface area contributed by atoms with Crippen LogP contribution in [0.15, 0.2) is 0 Å². The van der Waals surface area contributed by atoms with E-state index in [-0.39, 0.29) is 0 Å². The third-order valence-electron chi connectivity index (χ3n) is 2.46. The fraction of sp³-hybridized carbons (Fsp3) is 0.600. The van der Waals surface area contributed by atoms with Crippen LogP contribution in [-0.2, 0) is 19.3 Å². The van der Waals surface area contributed by atoms with Gasteiger partial charge in [0.1, 0.15) is 5.01 Å². The first-order chi connectivity index (χ1) is 6.29. The zero-order valence-electron chi connectivity index (χ0n) is 7.71. The maximum atomic E-state index is 8.55. The Morgan fingerprint density at radius 2 is 2.54 bits per heavy atom. The van der Waals surface area contributed by atoms with Crippen LogP contribution in [0.5, 0.6) is 0 Å². The molecule has 0 aromatic carbocycles. The van der Waals surface area contributed by atoms with Crippen molar-refractivity contribution < 1.29 is 0 Å². The summed E-state index contributed by atoms with van der Waals surface area (Å²) in [5.41, 5.74) is 1.26. The van der Waals surface area contributed by atoms with Crippen LogP contribution >= 0.6 is 11.3 Å². The molecule has 0 fully saturated rings. The SMILES string of the molecule is CC1CCc2nc(CC#N)sc2C1. The van der Waals surface area contributed by atoms with Crippen LogP contribution in [0.4, 0.5) is 0 Å². The Balaban J connectivity index is 2.24. The van der Waals surface area contributed by atoms with Gasteiger partial charge in [-0.3, -0.25) is 0 Å². The van der Waals surface area contributed by atoms with Crippen LogP contribution in [-0.4, -0.2) is 4.98 Å². The number of hydrogen-bond donors (Lipinski definition) is 0. The average molecular weight is 192 g/mol. The number of nitriles is 1. The van der Waals surface area contributed by atoms with Gasteiger partial charge in [0.05, 0.1) is 18.2 Å². The lowest BCUT2D eigenvalue weighted by molar-refractivity contribution is 0.501. The Bertz CT molecular complexity index is 348. The van der Waals surface area contributed by atoms with E-state index in [9.17, 15) is 0 Å². The highest BCUT2D eigenvalue weighted by molar-refractivity contribution is 7.11. The van der Waals surface area contributed by atoms with E-state index < -0.39 is 0 Å². The fourth-order valence-corrected chi connectivity index (χ4v) is 2.95. The topological polar surface area (TPSA) is 36.7 Å². The molecule has 2 nitrogen and oxygen atoms in total. The van der Waals surface area contributed by atoms with Crippen molar-refractivity contribution in [2.24, 2.45) is 5.92 Å². The van der Waals surface area contributed by atoms with Gasteiger partial charge in [-0.25, -0.2) is 4.98 Å². The number of aromatic nitrogens is 1. The molecule has 1 unspecified atom stereocenters. The lowest BCUT2D eigenvalue weighted by atomic mass is 9.93. The van der Waals surface area contributed by atoms with E-state index in [1.165, 1.54) is 23.4 Å². The van der Waals surface area contributed by atoms with Crippen molar-refractivity contribution in [1.82, 2.24) is 4.98 Å². The lowest BCUT2D eigenvalue weighted by Crippen LogP contribution is -2.09. The van der Waals surface area contributed by atoms with Crippen LogP contribution in [0.2, 0.25) is 0 Å². The van der Waals surface area contributed by atoms with Crippen molar-refractivity contribution in [1.29, 1.82) is 5.26 Å². The molecule has 0 radical (unpaired) electrons. The van der Waals surface area contributed by atoms with Crippen LogP contribution < -0.4 is 0 Å². The number of hydrogen-bond acceptors (Lipinski definition) is 3. The number of rotatable bonds is 1. The van der Waals surface area contributed by atoms with Crippen molar-refractivity contribution in [2.75, 3.05) is 0 Å². The van der Waals surface area contributed by atoms with Gasteiger partial charge in [-0.1, -0.05) is 6.92 Å². The molecule has 1 atom stereocenters. The predicted octanol–water partition coefficient (Wildman–Crippen LogP) is 2.33. The number of aryl methyl sites for hydroxylation is 1. The smallest absolute Gasteiger partial charge is 0.107 e. The van der Waals surface area contributed by atoms with Crippen LogP contribution in [0.1, 0.15) is 28.9 Å². The minimum absolute atomic E-state index is 0.478. The fourth-order valence-electron chi connectivity index (χ4n) is 1.74. The van der Waals surface area contributed by atoms with E-state index in [1.807, 2.05) is 0 Å². The number of fused-ring (bicyclic) bond motifs is 1. The van der Waals surface area contributed by atoms with E-state index in [0.717, 1.165) is 17.3 Å². The summed E-state index contributed by atoms with van der Waals surface area (Å²) < 4.78 is 0. The summed E-state index contributed by atoms with van der Waals surface area (Å²) in [7, 11) is 0. The molecule has 0 amide bonds. The van der Waals surface area contributed by atoms with Crippen LogP contribution in [0, 0.1) is 17.2 Å². The third-order valence-corrected chi connectivity index (χ3v) is 3.58. The molecule has 1 aliphatic rings. The summed E-state index contributed by atoms with van der Waals surface area (Å²) in [5, 5.41) is 9.55. The minimum Gasteiger partial charge on any atom is -0.245 e. The zero-order valence-corrected chi connectivity index (χ0v) is 8.52. The molecule has 1 aromatic rings. The molecular weight excluding hydrogens is 180 g/mol. The Labute approximate surface area is 82.2 Å². The molecule has 68 valence electrons. The maximum Gasteiger partial charge on any atom is 0.107 e. The standard InChI is InChI=1S/C10H12N2S/c1-7-2-3-8-9(6-7)13-10(12-8)4-5-11/h7H,2-4,6H2,1H3. The van der Waals surface area contributed by atoms with Gasteiger partial charge in [0.25, 0.3) is 0 Å². The highest BCUT2D eigenvalue weighted by Gasteiger charge is 2.19. The molecule has 0 bridgehead atoms. The predicted molar refractivity (Wildman–Crippen MR) is 52.6 cm³/mol. The molecule has 3 heteroatoms. The minimum atomic E-state index is 0.478. The van der Waals surface area contributed by atoms with Gasteiger partial charge in [0.15, 0.2) is 0 Å². The number of nitrogens with zero attached hydrogens (tertiary/aromatic N) is 2. The molecule has 0 N–H and O–H groups in total. The highest BCUT2D eigenvalue weighted by Crippen LogP contribution is 2.29. The van der Waals surface area contributed by atoms with Crippen molar-refractivity contribution in [3.05, 3.63) is 15.6 Å². The Morgan fingerprint density at radius 1 is 1.69 bits per heavy atom. The monoisotopic (exact) mass is 192 g/mol. The molecule has 0 saturated heterocycles. The van der Waals surface area contributed by atoms with Gasteiger partial charge < -0.3 is 0 Å². The second-order valence-electron chi connectivity index (χ2n) is 3.66. The zero-order chi connectivity index (χ0) is 9.26. The summed E-state index contributed by atoms with van der Waals surface area (Å²) in [6, 6.07) is 2.15. The summed E-state index contributed by atoms with van der Waals surface area (Å²) in [4.78, 5) is 5.89. The van der Waals surface area contributed by atoms with E-state index in [1.54, 1.807) is 11.3 Å². The molecule has 13 heavy (non-hydrogen) atoms. The second-order valence-corrected chi connectivity index (χ2v) is 4.83. The van der Waals surface area contributed by atoms with Gasteiger partial charge in [0, 0.05) is 4.88 Å². The first-order valence-corrected chi connectivity index (χ1v) is 5.45. The summed E-state index contributed by atoms with van der Waals surface area (Å²) >= 11 is 1.73. The van der Waals surface area contributed by atoms with E-state index in [0.29, 0.717) is 6.42 Å². The molecule has 1 aliphatic carbocycles. The first-order valence-electron chi connectivity index (χ1n) is 4.64. The number of thiazole rings is 1. The first kappa shape index (κ1) is 8.71. The van der Waals surface area contributed by atoms with Gasteiger partial charge in [-0.2, -0.15) is 5.26 Å². The largest absolute Gasteiger partial charge is 0.245 e. The lowest BCUT2D eigenvalue weighted by Gasteiger charge is -2.15. The second kappa shape index (κ2) is 3.47. The Morgan fingerprint density at radius 3 is 3.31 bits per heavy atom. The van der Waals surface area contributed by atoms with Gasteiger partial charge in [-0.15, -0.1) is 11.3 Å². The van der Waals surface area contributed by atoms with E-state index in [2.05, 4.69) is 18.0 Å². The molecule has 2 rings (SSSR count). The van der Waals surface area contributed by atoms with E-state index >= 15 is 0 Å². The van der Waals surface area contributed by atoms with Crippen molar-refractivity contribution in [3.63, 3.8) is 0 Å². The Kier molecular flexibility index (Phi) is 2.32. The molecule has 1 aromatic heterocycles. The van der Waals surface area contributed by atoms with E-state index in [4.69, 9.17) is 5.26 Å². The van der Waals surface area contributed by atoms with Crippen LogP contribution in [0.25, 0.3) is 0 Å². The maximum absolute atomic E-state index is 8.55. The van der Waals surface area contributed by atoms with Crippen molar-refractivity contribution >= 4 is 11.3 Å². The highest BCUT2D eigenvalue weighted by atomic mass is 32.1. The van der Waals surface area contributed by atoms with Crippen LogP contribution in [0.3, 0.4) is 0 Å². The van der Waals surface area contributed by atoms with Gasteiger partial charge in [0.2, 0.25) is 0 Å². The summed E-state index contributed by atoms with van der Waals surface area (Å²) in [5.74, 6) is 0.794. The summed E-state index contributed by atoms with van der Waals surface area (Å²) in [6.45, 7) is 2.28. The normalized spacial score (nSPS) is 20.8. The molecule has 1 heterocycles. The molecule has 0 aliphatic heterocycles. The molecular formula is C10H12N2S. The van der Waals surface area contributed by atoms with Gasteiger partial charge in [-0.05, 0) is 25.2 Å². The Hall–Kier alpha value is -0.880. The van der Waals surface area contributed by atoms with Gasteiger partial charge >= 0.3 is 0 Å². The van der Waals surface area contributed by atoms with Crippen molar-refractivity contribution in [2.45, 2.75) is 32.6 Å². The quantitative estimate of drug-likeness (QED) is 0.684. The molecule has 0 saturated carbocycles. The molecule has 0 spiro atoms. The average Bonchev–Trinajstić information content (AvgIpc) is 2.46. The summed E-state index contributed by atoms with van der Waals surface area (Å²) in [6.07, 6.45) is 4.01. The van der Waals surface area contributed by atoms with Crippen molar-refractivity contribution in [3.8, 4) is 6.07 Å². The third kappa shape index (κ3) is 1.73.